The Balaban J connectivity index is 1.86. The summed E-state index contributed by atoms with van der Waals surface area (Å²) in [5.74, 6) is -0.0158. The zero-order valence-electron chi connectivity index (χ0n) is 15.8. The van der Waals surface area contributed by atoms with Gasteiger partial charge in [0.25, 0.3) is 0 Å². The van der Waals surface area contributed by atoms with E-state index >= 15 is 0 Å². The van der Waals surface area contributed by atoms with Crippen LogP contribution in [0.1, 0.15) is 42.9 Å². The molecule has 29 heavy (non-hydrogen) atoms. The molecule has 2 aromatic carbocycles. The maximum absolute atomic E-state index is 13.3. The number of aliphatic hydroxyl groups excluding tert-OH is 1. The average Bonchev–Trinajstić information content (AvgIpc) is 3.13. The van der Waals surface area contributed by atoms with Gasteiger partial charge < -0.3 is 5.11 Å². The third-order valence-corrected chi connectivity index (χ3v) is 6.39. The number of benzene rings is 2. The van der Waals surface area contributed by atoms with Gasteiger partial charge in [-0.3, -0.25) is 4.79 Å². The Morgan fingerprint density at radius 1 is 1.07 bits per heavy atom. The minimum absolute atomic E-state index is 0.00609. The molecule has 0 aromatic heterocycles. The monoisotopic (exact) mass is 420 g/mol. The molecule has 0 unspecified atom stereocenters. The molecule has 0 amide bonds. The van der Waals surface area contributed by atoms with Crippen LogP contribution in [0, 0.1) is 11.8 Å². The number of Topliss-reactive ketones (excluding diaryl/α,β-unsaturated/α-hetero) is 1. The molecule has 4 rings (SSSR count). The number of ketones is 1. The number of alkyl halides is 3. The Bertz CT molecular complexity index is 1020. The zero-order valence-corrected chi connectivity index (χ0v) is 16.6. The second-order valence-corrected chi connectivity index (χ2v) is 8.16. The first-order valence-corrected chi connectivity index (χ1v) is 10.1. The molecular formula is C23H20ClF3O2. The number of allylic oxidation sites excluding steroid dienone is 2. The van der Waals surface area contributed by atoms with Gasteiger partial charge in [0.15, 0.2) is 5.78 Å². The van der Waals surface area contributed by atoms with Crippen LogP contribution in [0.15, 0.2) is 42.2 Å². The first-order chi connectivity index (χ1) is 13.7. The molecule has 1 N–H and O–H groups in total. The van der Waals surface area contributed by atoms with Crippen LogP contribution >= 0.6 is 11.6 Å². The lowest BCUT2D eigenvalue weighted by Gasteiger charge is -2.23. The second kappa shape index (κ2) is 7.21. The smallest absolute Gasteiger partial charge is 0.417 e. The van der Waals surface area contributed by atoms with Crippen molar-refractivity contribution in [1.29, 1.82) is 0 Å². The fourth-order valence-corrected chi connectivity index (χ4v) is 4.72. The average molecular weight is 421 g/mol. The van der Waals surface area contributed by atoms with Gasteiger partial charge >= 0.3 is 6.18 Å². The molecule has 0 aliphatic heterocycles. The van der Waals surface area contributed by atoms with Crippen molar-refractivity contribution in [1.82, 2.24) is 0 Å². The normalized spacial score (nSPS) is 21.8. The molecule has 0 heterocycles. The minimum atomic E-state index is -4.56. The van der Waals surface area contributed by atoms with Crippen LogP contribution in [-0.4, -0.2) is 10.9 Å². The van der Waals surface area contributed by atoms with Gasteiger partial charge in [-0.15, -0.1) is 0 Å². The van der Waals surface area contributed by atoms with Gasteiger partial charge in [0.1, 0.15) is 5.76 Å². The van der Waals surface area contributed by atoms with Gasteiger partial charge in [-0.2, -0.15) is 13.2 Å². The highest BCUT2D eigenvalue weighted by atomic mass is 35.5. The van der Waals surface area contributed by atoms with Gasteiger partial charge in [0.2, 0.25) is 0 Å². The maximum atomic E-state index is 13.3. The van der Waals surface area contributed by atoms with Crippen LogP contribution in [-0.2, 0) is 17.4 Å². The van der Waals surface area contributed by atoms with Crippen molar-refractivity contribution < 1.29 is 23.1 Å². The van der Waals surface area contributed by atoms with Crippen molar-refractivity contribution in [3.05, 3.63) is 63.9 Å². The molecule has 0 radical (unpaired) electrons. The third-order valence-electron chi connectivity index (χ3n) is 6.06. The Kier molecular flexibility index (Phi) is 4.97. The molecule has 2 atom stereocenters. The van der Waals surface area contributed by atoms with E-state index < -0.39 is 11.7 Å². The minimum Gasteiger partial charge on any atom is -0.511 e. The van der Waals surface area contributed by atoms with E-state index in [1.54, 1.807) is 12.1 Å². The topological polar surface area (TPSA) is 37.3 Å². The lowest BCUT2D eigenvalue weighted by atomic mass is 9.81. The number of aliphatic hydroxyl groups is 1. The highest BCUT2D eigenvalue weighted by Gasteiger charge is 2.41. The number of fused-ring (bicyclic) bond motifs is 2. The van der Waals surface area contributed by atoms with E-state index in [-0.39, 0.29) is 28.4 Å². The Morgan fingerprint density at radius 3 is 2.41 bits per heavy atom. The molecule has 2 aliphatic carbocycles. The molecule has 1 fully saturated rings. The molecule has 2 bridgehead atoms. The zero-order chi connectivity index (χ0) is 20.9. The number of hydrogen-bond acceptors (Lipinski definition) is 2. The summed E-state index contributed by atoms with van der Waals surface area (Å²) in [6.07, 6.45) is -1.67. The standard InChI is InChI=1S/C23H20ClF3O2/c1-2-12-3-4-13(14-7-8-19(24)18(11-14)23(25,26)27)10-17(12)20-21(28)15-5-6-16(9-15)22(20)29/h3-4,7-8,10-11,15-16,28H,2,5-6,9H2,1H3/t15-,16+/m1/s1. The van der Waals surface area contributed by atoms with Crippen LogP contribution in [0.2, 0.25) is 5.02 Å². The molecule has 2 aromatic rings. The second-order valence-electron chi connectivity index (χ2n) is 7.75. The molecule has 0 saturated heterocycles. The van der Waals surface area contributed by atoms with Crippen molar-refractivity contribution in [2.75, 3.05) is 0 Å². The van der Waals surface area contributed by atoms with E-state index in [1.165, 1.54) is 12.1 Å². The van der Waals surface area contributed by atoms with Crippen LogP contribution in [0.5, 0.6) is 0 Å². The van der Waals surface area contributed by atoms with Crippen LogP contribution in [0.4, 0.5) is 13.2 Å². The molecular weight excluding hydrogens is 401 g/mol. The molecule has 152 valence electrons. The van der Waals surface area contributed by atoms with E-state index in [0.29, 0.717) is 35.1 Å². The number of hydrogen-bond donors (Lipinski definition) is 1. The van der Waals surface area contributed by atoms with Crippen molar-refractivity contribution >= 4 is 23.0 Å². The summed E-state index contributed by atoms with van der Waals surface area (Å²) in [6, 6.07) is 9.06. The van der Waals surface area contributed by atoms with E-state index in [1.807, 2.05) is 13.0 Å². The number of rotatable bonds is 3. The van der Waals surface area contributed by atoms with E-state index in [9.17, 15) is 23.1 Å². The Hall–Kier alpha value is -2.27. The van der Waals surface area contributed by atoms with Crippen molar-refractivity contribution in [3.8, 4) is 11.1 Å². The van der Waals surface area contributed by atoms with Gasteiger partial charge in [-0.05, 0) is 66.1 Å². The molecule has 2 aliphatic rings. The van der Waals surface area contributed by atoms with Crippen molar-refractivity contribution in [2.24, 2.45) is 11.8 Å². The number of carbonyl (C=O) groups excluding carboxylic acids is 1. The van der Waals surface area contributed by atoms with E-state index in [0.717, 1.165) is 24.5 Å². The highest BCUT2D eigenvalue weighted by Crippen LogP contribution is 2.46. The fourth-order valence-electron chi connectivity index (χ4n) is 4.49. The number of carbonyl (C=O) groups is 1. The molecule has 2 nitrogen and oxygen atoms in total. The molecule has 6 heteroatoms. The molecule has 1 saturated carbocycles. The number of halogens is 4. The fraction of sp³-hybridized carbons (Fsp3) is 0.348. The highest BCUT2D eigenvalue weighted by molar-refractivity contribution is 6.31. The summed E-state index contributed by atoms with van der Waals surface area (Å²) in [7, 11) is 0. The summed E-state index contributed by atoms with van der Waals surface area (Å²) in [4.78, 5) is 13.0. The Morgan fingerprint density at radius 2 is 1.72 bits per heavy atom. The van der Waals surface area contributed by atoms with Gasteiger partial charge in [0, 0.05) is 11.8 Å². The quantitative estimate of drug-likeness (QED) is 0.589. The van der Waals surface area contributed by atoms with Gasteiger partial charge in [0.05, 0.1) is 16.2 Å². The van der Waals surface area contributed by atoms with Crippen molar-refractivity contribution in [3.63, 3.8) is 0 Å². The predicted octanol–water partition coefficient (Wildman–Crippen LogP) is 6.86. The van der Waals surface area contributed by atoms with Gasteiger partial charge in [-0.1, -0.05) is 36.7 Å². The van der Waals surface area contributed by atoms with Crippen molar-refractivity contribution in [2.45, 2.75) is 38.8 Å². The first kappa shape index (κ1) is 20.0. The predicted molar refractivity (Wildman–Crippen MR) is 107 cm³/mol. The lowest BCUT2D eigenvalue weighted by molar-refractivity contribution is -0.137. The Labute approximate surface area is 172 Å². The lowest BCUT2D eigenvalue weighted by Crippen LogP contribution is -2.22. The summed E-state index contributed by atoms with van der Waals surface area (Å²) in [6.45, 7) is 1.95. The van der Waals surface area contributed by atoms with E-state index in [4.69, 9.17) is 11.6 Å². The van der Waals surface area contributed by atoms with Crippen LogP contribution in [0.25, 0.3) is 16.7 Å². The first-order valence-electron chi connectivity index (χ1n) is 9.68. The van der Waals surface area contributed by atoms with Crippen LogP contribution < -0.4 is 0 Å². The van der Waals surface area contributed by atoms with Crippen LogP contribution in [0.3, 0.4) is 0 Å². The summed E-state index contributed by atoms with van der Waals surface area (Å²) in [5.41, 5.74) is 1.85. The third kappa shape index (κ3) is 3.46. The summed E-state index contributed by atoms with van der Waals surface area (Å²) < 4.78 is 39.8. The van der Waals surface area contributed by atoms with Gasteiger partial charge in [-0.25, -0.2) is 0 Å². The number of aryl methyl sites for hydroxylation is 1. The largest absolute Gasteiger partial charge is 0.511 e. The maximum Gasteiger partial charge on any atom is 0.417 e. The molecule has 0 spiro atoms. The van der Waals surface area contributed by atoms with E-state index in [2.05, 4.69) is 0 Å². The SMILES string of the molecule is CCc1ccc(-c2ccc(Cl)c(C(F)(F)F)c2)cc1C1=C(O)[C@@H]2CC[C@@H](C2)C1=O. The summed E-state index contributed by atoms with van der Waals surface area (Å²) >= 11 is 5.74. The summed E-state index contributed by atoms with van der Waals surface area (Å²) in [5, 5.41) is 10.4.